The summed E-state index contributed by atoms with van der Waals surface area (Å²) in [4.78, 5) is 47.1. The highest BCUT2D eigenvalue weighted by Gasteiger charge is 2.26. The Hall–Kier alpha value is -3.99. The van der Waals surface area contributed by atoms with Gasteiger partial charge in [0.2, 0.25) is 5.84 Å². The van der Waals surface area contributed by atoms with Gasteiger partial charge in [-0.05, 0) is 25.1 Å². The van der Waals surface area contributed by atoms with Crippen molar-refractivity contribution in [3.8, 4) is 11.3 Å². The van der Waals surface area contributed by atoms with Crippen LogP contribution in [0.5, 0.6) is 0 Å². The van der Waals surface area contributed by atoms with E-state index in [2.05, 4.69) is 25.7 Å². The highest BCUT2D eigenvalue weighted by molar-refractivity contribution is 7.14. The van der Waals surface area contributed by atoms with E-state index >= 15 is 0 Å². The molecule has 0 unspecified atom stereocenters. The van der Waals surface area contributed by atoms with Crippen LogP contribution in [-0.4, -0.2) is 40.1 Å². The second kappa shape index (κ2) is 7.79. The number of aryl methyl sites for hydroxylation is 1. The molecule has 30 heavy (non-hydrogen) atoms. The number of aromatic nitrogens is 2. The first-order valence-electron chi connectivity index (χ1n) is 8.87. The lowest BCUT2D eigenvalue weighted by molar-refractivity contribution is -0.118. The van der Waals surface area contributed by atoms with E-state index < -0.39 is 11.8 Å². The fourth-order valence-electron chi connectivity index (χ4n) is 2.75. The van der Waals surface area contributed by atoms with Gasteiger partial charge >= 0.3 is 0 Å². The summed E-state index contributed by atoms with van der Waals surface area (Å²) in [6.45, 7) is 1.80. The number of amidine groups is 1. The number of hydrazine groups is 1. The summed E-state index contributed by atoms with van der Waals surface area (Å²) in [5, 5.41) is 6.04. The van der Waals surface area contributed by atoms with Crippen LogP contribution in [0.4, 0.5) is 10.8 Å². The molecule has 2 aromatic heterocycles. The van der Waals surface area contributed by atoms with Gasteiger partial charge < -0.3 is 10.7 Å². The van der Waals surface area contributed by atoms with Crippen molar-refractivity contribution in [2.24, 2.45) is 10.7 Å². The van der Waals surface area contributed by atoms with Crippen molar-refractivity contribution in [3.63, 3.8) is 0 Å². The molecular weight excluding hydrogens is 406 g/mol. The third-order valence-corrected chi connectivity index (χ3v) is 5.07. The van der Waals surface area contributed by atoms with Crippen molar-refractivity contribution in [1.82, 2.24) is 15.4 Å². The molecule has 0 atom stereocenters. The van der Waals surface area contributed by atoms with Crippen LogP contribution in [0.25, 0.3) is 11.3 Å². The summed E-state index contributed by atoms with van der Waals surface area (Å²) in [7, 11) is 0. The standard InChI is InChI=1S/C19H17N7O3S/c1-10-2-4-12(5-3-10)26-15(27)8-22-17(25-26)18(29)24-19-23-14(9-30-19)11-6-13(16(20)28)21-7-11/h2-7,9,21H,8H2,1H3,(H2,20,28)(H,22,25)(H,23,24,29). The summed E-state index contributed by atoms with van der Waals surface area (Å²) in [5.74, 6) is -1.36. The van der Waals surface area contributed by atoms with Crippen LogP contribution in [0, 0.1) is 6.92 Å². The Labute approximate surface area is 174 Å². The molecule has 1 aliphatic rings. The second-order valence-corrected chi connectivity index (χ2v) is 7.36. The lowest BCUT2D eigenvalue weighted by atomic mass is 10.2. The number of thiazole rings is 1. The molecule has 1 aliphatic heterocycles. The van der Waals surface area contributed by atoms with Gasteiger partial charge in [-0.1, -0.05) is 17.7 Å². The molecule has 3 heterocycles. The van der Waals surface area contributed by atoms with Gasteiger partial charge in [-0.3, -0.25) is 30.1 Å². The highest BCUT2D eigenvalue weighted by atomic mass is 32.1. The minimum Gasteiger partial charge on any atom is -0.364 e. The van der Waals surface area contributed by atoms with Crippen LogP contribution in [0.2, 0.25) is 0 Å². The number of anilines is 2. The molecule has 0 radical (unpaired) electrons. The van der Waals surface area contributed by atoms with Crippen molar-refractivity contribution in [2.75, 3.05) is 16.9 Å². The van der Waals surface area contributed by atoms with Crippen molar-refractivity contribution >= 4 is 45.7 Å². The molecule has 0 saturated carbocycles. The van der Waals surface area contributed by atoms with E-state index in [1.165, 1.54) is 16.3 Å². The zero-order chi connectivity index (χ0) is 21.3. The summed E-state index contributed by atoms with van der Waals surface area (Å²) in [6.07, 6.45) is 1.61. The lowest BCUT2D eigenvalue weighted by Gasteiger charge is -2.27. The topological polar surface area (TPSA) is 146 Å². The number of hydrogen-bond donors (Lipinski definition) is 4. The minimum absolute atomic E-state index is 0.00424. The number of benzene rings is 1. The monoisotopic (exact) mass is 423 g/mol. The average Bonchev–Trinajstić information content (AvgIpc) is 3.38. The number of carbonyl (C=O) groups excluding carboxylic acids is 3. The molecule has 3 amide bonds. The largest absolute Gasteiger partial charge is 0.364 e. The number of rotatable bonds is 5. The second-order valence-electron chi connectivity index (χ2n) is 6.50. The normalized spacial score (nSPS) is 13.6. The number of aromatic amines is 1. The van der Waals surface area contributed by atoms with Gasteiger partial charge in [0, 0.05) is 17.1 Å². The first kappa shape index (κ1) is 19.3. The molecule has 0 aliphatic carbocycles. The fourth-order valence-corrected chi connectivity index (χ4v) is 3.47. The summed E-state index contributed by atoms with van der Waals surface area (Å²) in [6, 6.07) is 8.90. The van der Waals surface area contributed by atoms with E-state index in [0.29, 0.717) is 22.1 Å². The van der Waals surface area contributed by atoms with E-state index in [1.807, 2.05) is 19.1 Å². The zero-order valence-corrected chi connectivity index (χ0v) is 16.6. The number of carbonyl (C=O) groups is 3. The van der Waals surface area contributed by atoms with Crippen LogP contribution in [0.1, 0.15) is 16.1 Å². The van der Waals surface area contributed by atoms with Crippen molar-refractivity contribution < 1.29 is 14.4 Å². The number of nitrogens with zero attached hydrogens (tertiary/aromatic N) is 3. The number of H-pyrrole nitrogens is 1. The van der Waals surface area contributed by atoms with E-state index in [0.717, 1.165) is 5.56 Å². The predicted molar refractivity (Wildman–Crippen MR) is 113 cm³/mol. The molecule has 1 aromatic carbocycles. The van der Waals surface area contributed by atoms with Gasteiger partial charge in [0.25, 0.3) is 17.7 Å². The lowest BCUT2D eigenvalue weighted by Crippen LogP contribution is -2.54. The maximum atomic E-state index is 12.6. The molecule has 10 nitrogen and oxygen atoms in total. The van der Waals surface area contributed by atoms with Gasteiger partial charge in [0.1, 0.15) is 12.2 Å². The number of primary amides is 1. The fraction of sp³-hybridized carbons (Fsp3) is 0.105. The van der Waals surface area contributed by atoms with Gasteiger partial charge in [-0.15, -0.1) is 11.3 Å². The van der Waals surface area contributed by atoms with E-state index in [9.17, 15) is 14.4 Å². The molecule has 0 fully saturated rings. The van der Waals surface area contributed by atoms with E-state index in [1.54, 1.807) is 29.8 Å². The van der Waals surface area contributed by atoms with Crippen LogP contribution < -0.4 is 21.5 Å². The average molecular weight is 423 g/mol. The summed E-state index contributed by atoms with van der Waals surface area (Å²) in [5.41, 5.74) is 11.2. The zero-order valence-electron chi connectivity index (χ0n) is 15.8. The molecular formula is C19H17N7O3S. The maximum absolute atomic E-state index is 12.6. The Morgan fingerprint density at radius 1 is 1.27 bits per heavy atom. The van der Waals surface area contributed by atoms with Crippen LogP contribution in [0.15, 0.2) is 46.9 Å². The summed E-state index contributed by atoms with van der Waals surface area (Å²) >= 11 is 1.22. The Bertz CT molecular complexity index is 1160. The Kier molecular flexibility index (Phi) is 5.02. The molecule has 0 bridgehead atoms. The minimum atomic E-state index is -0.570. The smallest absolute Gasteiger partial charge is 0.294 e. The van der Waals surface area contributed by atoms with Crippen molar-refractivity contribution in [3.05, 3.63) is 53.2 Å². The third kappa shape index (κ3) is 3.91. The van der Waals surface area contributed by atoms with Crippen LogP contribution in [-0.2, 0) is 9.59 Å². The van der Waals surface area contributed by atoms with Crippen molar-refractivity contribution in [2.45, 2.75) is 6.92 Å². The first-order valence-corrected chi connectivity index (χ1v) is 9.75. The van der Waals surface area contributed by atoms with Crippen LogP contribution in [0.3, 0.4) is 0 Å². The molecule has 11 heteroatoms. The molecule has 5 N–H and O–H groups in total. The van der Waals surface area contributed by atoms with Gasteiger partial charge in [-0.2, -0.15) is 0 Å². The molecule has 4 rings (SSSR count). The summed E-state index contributed by atoms with van der Waals surface area (Å²) < 4.78 is 0. The molecule has 152 valence electrons. The molecule has 0 spiro atoms. The van der Waals surface area contributed by atoms with Crippen molar-refractivity contribution in [1.29, 1.82) is 0 Å². The van der Waals surface area contributed by atoms with Crippen LogP contribution >= 0.6 is 11.3 Å². The van der Waals surface area contributed by atoms with Gasteiger partial charge in [0.15, 0.2) is 5.13 Å². The Morgan fingerprint density at radius 3 is 2.73 bits per heavy atom. The Morgan fingerprint density at radius 2 is 2.03 bits per heavy atom. The van der Waals surface area contributed by atoms with Gasteiger partial charge in [0.05, 0.1) is 11.4 Å². The highest BCUT2D eigenvalue weighted by Crippen LogP contribution is 2.25. The maximum Gasteiger partial charge on any atom is 0.294 e. The quantitative estimate of drug-likeness (QED) is 0.490. The number of amides is 3. The number of nitrogens with one attached hydrogen (secondary N) is 3. The third-order valence-electron chi connectivity index (χ3n) is 4.32. The molecule has 3 aromatic rings. The molecule has 0 saturated heterocycles. The predicted octanol–water partition coefficient (Wildman–Crippen LogP) is 1.43. The first-order chi connectivity index (χ1) is 14.4. The SMILES string of the molecule is Cc1ccc(N2NC(C(=O)Nc3nc(-c4c[nH]c(C(N)=O)c4)cs3)=NCC2=O)cc1. The van der Waals surface area contributed by atoms with Gasteiger partial charge in [-0.25, -0.2) is 9.99 Å². The number of hydrogen-bond acceptors (Lipinski definition) is 7. The Balaban J connectivity index is 1.46. The van der Waals surface area contributed by atoms with E-state index in [-0.39, 0.29) is 24.0 Å². The van der Waals surface area contributed by atoms with E-state index in [4.69, 9.17) is 5.73 Å². The number of aliphatic imine (C=N–C) groups is 1. The number of nitrogens with two attached hydrogens (primary N) is 1.